The van der Waals surface area contributed by atoms with Gasteiger partial charge in [-0.3, -0.25) is 0 Å². The van der Waals surface area contributed by atoms with Crippen molar-refractivity contribution >= 4 is 6.09 Å². The first-order chi connectivity index (χ1) is 7.44. The largest absolute Gasteiger partial charge is 0.443 e. The quantitative estimate of drug-likeness (QED) is 0.736. The van der Waals surface area contributed by atoms with Crippen LogP contribution in [0.25, 0.3) is 0 Å². The Labute approximate surface area is 95.9 Å². The van der Waals surface area contributed by atoms with Gasteiger partial charge in [0.2, 0.25) is 0 Å². The molecule has 0 N–H and O–H groups in total. The maximum atomic E-state index is 11.7. The van der Waals surface area contributed by atoms with Crippen molar-refractivity contribution in [2.24, 2.45) is 5.92 Å². The fraction of sp³-hybridized carbons (Fsp3) is 0.500. The van der Waals surface area contributed by atoms with Crippen LogP contribution in [0.15, 0.2) is 31.4 Å². The normalized spacial score (nSPS) is 13.2. The summed E-state index contributed by atoms with van der Waals surface area (Å²) in [6.45, 7) is 9.54. The van der Waals surface area contributed by atoms with Crippen molar-refractivity contribution in [2.75, 3.05) is 0 Å². The van der Waals surface area contributed by atoms with Crippen molar-refractivity contribution in [3.05, 3.63) is 31.4 Å². The second-order valence-electron chi connectivity index (χ2n) is 4.51. The highest BCUT2D eigenvalue weighted by Gasteiger charge is 2.25. The molecule has 0 aromatic carbocycles. The van der Waals surface area contributed by atoms with Crippen molar-refractivity contribution in [3.63, 3.8) is 0 Å². The van der Waals surface area contributed by atoms with Crippen LogP contribution in [-0.2, 0) is 4.74 Å². The van der Waals surface area contributed by atoms with Gasteiger partial charge in [0.05, 0.1) is 0 Å². The predicted octanol–water partition coefficient (Wildman–Crippen LogP) is 2.86. The van der Waals surface area contributed by atoms with Crippen molar-refractivity contribution in [2.45, 2.75) is 32.8 Å². The number of hydrogen-bond acceptors (Lipinski definition) is 3. The summed E-state index contributed by atoms with van der Waals surface area (Å²) in [7, 11) is 0. The zero-order valence-corrected chi connectivity index (χ0v) is 10.0. The molecular weight excluding hydrogens is 204 g/mol. The summed E-state index contributed by atoms with van der Waals surface area (Å²) in [6.07, 6.45) is 6.73. The Morgan fingerprint density at radius 3 is 2.88 bits per heavy atom. The molecule has 0 aliphatic rings. The number of aromatic nitrogens is 2. The lowest BCUT2D eigenvalue weighted by Crippen LogP contribution is -2.31. The van der Waals surface area contributed by atoms with Crippen LogP contribution >= 0.6 is 0 Å². The minimum absolute atomic E-state index is 0.311. The summed E-state index contributed by atoms with van der Waals surface area (Å²) >= 11 is 0. The highest BCUT2D eigenvalue weighted by molar-refractivity contribution is 5.70. The summed E-state index contributed by atoms with van der Waals surface area (Å²) in [6, 6.07) is 0. The average Bonchev–Trinajstić information content (AvgIpc) is 2.68. The second kappa shape index (κ2) is 4.96. The minimum Gasteiger partial charge on any atom is -0.443 e. The number of rotatable bonds is 4. The van der Waals surface area contributed by atoms with E-state index in [2.05, 4.69) is 11.6 Å². The van der Waals surface area contributed by atoms with Crippen LogP contribution in [0.5, 0.6) is 0 Å². The Kier molecular flexibility index (Phi) is 3.88. The van der Waals surface area contributed by atoms with E-state index in [1.54, 1.807) is 12.4 Å². The van der Waals surface area contributed by atoms with Crippen LogP contribution in [-0.4, -0.2) is 21.2 Å². The minimum atomic E-state index is -0.505. The number of hydrogen-bond donors (Lipinski definition) is 0. The Balaban J connectivity index is 2.58. The Morgan fingerprint density at radius 1 is 1.69 bits per heavy atom. The summed E-state index contributed by atoms with van der Waals surface area (Å²) in [5, 5.41) is 0. The Hall–Kier alpha value is -1.58. The molecule has 1 heterocycles. The monoisotopic (exact) mass is 222 g/mol. The number of allylic oxidation sites excluding steroid dienone is 1. The fourth-order valence-electron chi connectivity index (χ4n) is 1.56. The molecule has 0 saturated carbocycles. The molecule has 1 aromatic heterocycles. The maximum Gasteiger partial charge on any atom is 0.419 e. The average molecular weight is 222 g/mol. The molecule has 1 unspecified atom stereocenters. The molecule has 0 saturated heterocycles. The highest BCUT2D eigenvalue weighted by Crippen LogP contribution is 2.21. The molecule has 1 aromatic rings. The lowest BCUT2D eigenvalue weighted by atomic mass is 9.95. The van der Waals surface area contributed by atoms with Crippen LogP contribution in [0.3, 0.4) is 0 Å². The van der Waals surface area contributed by atoms with Gasteiger partial charge in [0, 0.05) is 12.4 Å². The maximum absolute atomic E-state index is 11.7. The van der Waals surface area contributed by atoms with Crippen molar-refractivity contribution in [1.82, 2.24) is 9.55 Å². The van der Waals surface area contributed by atoms with Gasteiger partial charge in [-0.1, -0.05) is 13.0 Å². The van der Waals surface area contributed by atoms with E-state index in [9.17, 15) is 4.79 Å². The van der Waals surface area contributed by atoms with Crippen molar-refractivity contribution < 1.29 is 9.53 Å². The van der Waals surface area contributed by atoms with Gasteiger partial charge in [0.25, 0.3) is 0 Å². The van der Waals surface area contributed by atoms with E-state index in [0.717, 1.165) is 6.42 Å². The molecule has 88 valence electrons. The van der Waals surface area contributed by atoms with Gasteiger partial charge in [0.15, 0.2) is 0 Å². The summed E-state index contributed by atoms with van der Waals surface area (Å²) in [4.78, 5) is 15.5. The predicted molar refractivity (Wildman–Crippen MR) is 62.2 cm³/mol. The van der Waals surface area contributed by atoms with Gasteiger partial charge < -0.3 is 4.74 Å². The molecule has 4 heteroatoms. The smallest absolute Gasteiger partial charge is 0.419 e. The van der Waals surface area contributed by atoms with E-state index in [1.165, 1.54) is 10.9 Å². The molecule has 0 radical (unpaired) electrons. The number of imidazole rings is 1. The van der Waals surface area contributed by atoms with Gasteiger partial charge in [0.1, 0.15) is 11.9 Å². The van der Waals surface area contributed by atoms with Crippen molar-refractivity contribution in [1.29, 1.82) is 0 Å². The number of carbonyl (C=O) groups is 1. The highest BCUT2D eigenvalue weighted by atomic mass is 16.6. The lowest BCUT2D eigenvalue weighted by Gasteiger charge is -2.26. The van der Waals surface area contributed by atoms with E-state index in [4.69, 9.17) is 4.74 Å². The molecular formula is C12H18N2O2. The second-order valence-corrected chi connectivity index (χ2v) is 4.51. The van der Waals surface area contributed by atoms with Gasteiger partial charge in [-0.2, -0.15) is 0 Å². The van der Waals surface area contributed by atoms with Gasteiger partial charge >= 0.3 is 6.09 Å². The summed E-state index contributed by atoms with van der Waals surface area (Å²) in [5.41, 5.74) is -0.505. The molecule has 0 aliphatic carbocycles. The molecule has 4 nitrogen and oxygen atoms in total. The Bertz CT molecular complexity index is 355. The van der Waals surface area contributed by atoms with E-state index in [1.807, 2.05) is 26.8 Å². The fourth-order valence-corrected chi connectivity index (χ4v) is 1.56. The molecule has 0 fully saturated rings. The molecule has 0 bridgehead atoms. The molecule has 0 amide bonds. The van der Waals surface area contributed by atoms with E-state index >= 15 is 0 Å². The van der Waals surface area contributed by atoms with Gasteiger partial charge in [-0.15, -0.1) is 6.58 Å². The zero-order chi connectivity index (χ0) is 12.2. The van der Waals surface area contributed by atoms with Crippen molar-refractivity contribution in [3.8, 4) is 0 Å². The first kappa shape index (κ1) is 12.5. The first-order valence-electron chi connectivity index (χ1n) is 5.28. The van der Waals surface area contributed by atoms with Crippen LogP contribution in [0.2, 0.25) is 0 Å². The SMILES string of the molecule is C=CC(C)CC(C)(C)OC(=O)n1ccnc1. The molecule has 1 rings (SSSR count). The Morgan fingerprint density at radius 2 is 2.38 bits per heavy atom. The zero-order valence-electron chi connectivity index (χ0n) is 10.0. The third-order valence-electron chi connectivity index (χ3n) is 2.29. The third kappa shape index (κ3) is 3.53. The van der Waals surface area contributed by atoms with Crippen LogP contribution < -0.4 is 0 Å². The number of nitrogens with zero attached hydrogens (tertiary/aromatic N) is 2. The lowest BCUT2D eigenvalue weighted by molar-refractivity contribution is 0.0272. The first-order valence-corrected chi connectivity index (χ1v) is 5.28. The number of ether oxygens (including phenoxy) is 1. The summed E-state index contributed by atoms with van der Waals surface area (Å²) in [5.74, 6) is 0.311. The van der Waals surface area contributed by atoms with Gasteiger partial charge in [-0.05, 0) is 26.2 Å². The van der Waals surface area contributed by atoms with Crippen LogP contribution in [0.4, 0.5) is 4.79 Å². The van der Waals surface area contributed by atoms with Crippen LogP contribution in [0.1, 0.15) is 27.2 Å². The standard InChI is InChI=1S/C12H18N2O2/c1-5-10(2)8-12(3,4)16-11(15)14-7-6-13-9-14/h5-7,9-10H,1,8H2,2-4H3. The van der Waals surface area contributed by atoms with Gasteiger partial charge in [-0.25, -0.2) is 14.3 Å². The molecule has 0 aliphatic heterocycles. The molecule has 0 spiro atoms. The topological polar surface area (TPSA) is 44.1 Å². The molecule has 1 atom stereocenters. The summed E-state index contributed by atoms with van der Waals surface area (Å²) < 4.78 is 6.71. The van der Waals surface area contributed by atoms with Crippen LogP contribution in [0, 0.1) is 5.92 Å². The number of carbonyl (C=O) groups excluding carboxylic acids is 1. The van der Waals surface area contributed by atoms with E-state index < -0.39 is 11.7 Å². The molecule has 16 heavy (non-hydrogen) atoms. The van der Waals surface area contributed by atoms with E-state index in [0.29, 0.717) is 5.92 Å². The van der Waals surface area contributed by atoms with E-state index in [-0.39, 0.29) is 0 Å². The third-order valence-corrected chi connectivity index (χ3v) is 2.29.